The van der Waals surface area contributed by atoms with Crippen LogP contribution in [0.25, 0.3) is 0 Å². The Morgan fingerprint density at radius 2 is 1.57 bits per heavy atom. The highest BCUT2D eigenvalue weighted by molar-refractivity contribution is 7.80. The topological polar surface area (TPSA) is 137 Å². The Hall–Kier alpha value is -3.05. The molecule has 0 atom stereocenters. The van der Waals surface area contributed by atoms with Crippen molar-refractivity contribution in [2.24, 2.45) is 11.5 Å². The van der Waals surface area contributed by atoms with Gasteiger partial charge in [0.1, 0.15) is 11.4 Å². The zero-order valence-electron chi connectivity index (χ0n) is 17.3. The van der Waals surface area contributed by atoms with Gasteiger partial charge in [0, 0.05) is 12.4 Å². The van der Waals surface area contributed by atoms with Crippen molar-refractivity contribution in [2.45, 2.75) is 33.3 Å². The smallest absolute Gasteiger partial charge is 0.344 e. The molecular weight excluding hydrogens is 424 g/mol. The van der Waals surface area contributed by atoms with E-state index in [2.05, 4.69) is 32.8 Å². The molecule has 0 unspecified atom stereocenters. The maximum Gasteiger partial charge on any atom is 0.344 e. The van der Waals surface area contributed by atoms with Crippen LogP contribution in [0.15, 0.2) is 36.7 Å². The van der Waals surface area contributed by atoms with Gasteiger partial charge in [-0.05, 0) is 75.9 Å². The van der Waals surface area contributed by atoms with Gasteiger partial charge in [-0.15, -0.1) is 0 Å². The van der Waals surface area contributed by atoms with Crippen LogP contribution >= 0.6 is 24.4 Å². The molecule has 6 N–H and O–H groups in total. The Balaban J connectivity index is 0.000000346. The summed E-state index contributed by atoms with van der Waals surface area (Å²) in [7, 11) is 0. The number of carbonyl (C=O) groups is 1. The normalized spacial score (nSPS) is 10.1. The molecule has 2 rings (SSSR count). The molecule has 11 heteroatoms. The van der Waals surface area contributed by atoms with E-state index in [1.165, 1.54) is 0 Å². The maximum absolute atomic E-state index is 11.5. The van der Waals surface area contributed by atoms with Crippen LogP contribution in [-0.2, 0) is 9.53 Å². The van der Waals surface area contributed by atoms with Crippen LogP contribution in [0.4, 0.5) is 11.6 Å². The van der Waals surface area contributed by atoms with Crippen molar-refractivity contribution in [1.82, 2.24) is 9.97 Å². The van der Waals surface area contributed by atoms with E-state index in [1.54, 1.807) is 45.3 Å². The SMILES string of the molecule is CC(C)(C)OC(=O)COc1cccnc1NC(N)=S.Cc1cccnc1NC(N)=S. The molecule has 0 fully saturated rings. The van der Waals surface area contributed by atoms with E-state index in [4.69, 9.17) is 33.2 Å². The number of pyridine rings is 2. The van der Waals surface area contributed by atoms with E-state index in [9.17, 15) is 4.79 Å². The largest absolute Gasteiger partial charge is 0.478 e. The minimum absolute atomic E-state index is 0.0702. The van der Waals surface area contributed by atoms with E-state index in [0.717, 1.165) is 11.4 Å². The van der Waals surface area contributed by atoms with Crippen LogP contribution in [0.3, 0.4) is 0 Å². The first kappa shape index (κ1) is 25.0. The van der Waals surface area contributed by atoms with Crippen molar-refractivity contribution >= 4 is 52.3 Å². The zero-order valence-corrected chi connectivity index (χ0v) is 18.9. The van der Waals surface area contributed by atoms with Gasteiger partial charge in [-0.25, -0.2) is 14.8 Å². The predicted octanol–water partition coefficient (Wildman–Crippen LogP) is 2.50. The quantitative estimate of drug-likeness (QED) is 0.395. The average molecular weight is 451 g/mol. The second kappa shape index (κ2) is 11.8. The lowest BCUT2D eigenvalue weighted by Crippen LogP contribution is -2.27. The number of anilines is 2. The fourth-order valence-electron chi connectivity index (χ4n) is 1.96. The van der Waals surface area contributed by atoms with Crippen LogP contribution in [0.5, 0.6) is 5.75 Å². The van der Waals surface area contributed by atoms with Crippen LogP contribution < -0.4 is 26.8 Å². The van der Waals surface area contributed by atoms with E-state index in [1.807, 2.05) is 19.1 Å². The minimum Gasteiger partial charge on any atom is -0.478 e. The summed E-state index contributed by atoms with van der Waals surface area (Å²) in [6.45, 7) is 7.08. The molecule has 162 valence electrons. The summed E-state index contributed by atoms with van der Waals surface area (Å²) in [4.78, 5) is 19.6. The van der Waals surface area contributed by atoms with Crippen molar-refractivity contribution < 1.29 is 14.3 Å². The van der Waals surface area contributed by atoms with Crippen molar-refractivity contribution in [3.8, 4) is 5.75 Å². The molecule has 30 heavy (non-hydrogen) atoms. The summed E-state index contributed by atoms with van der Waals surface area (Å²) < 4.78 is 10.5. The number of hydrogen-bond donors (Lipinski definition) is 4. The monoisotopic (exact) mass is 450 g/mol. The van der Waals surface area contributed by atoms with Crippen LogP contribution in [0.2, 0.25) is 0 Å². The van der Waals surface area contributed by atoms with E-state index in [-0.39, 0.29) is 16.8 Å². The molecule has 0 spiro atoms. The molecule has 0 bridgehead atoms. The van der Waals surface area contributed by atoms with E-state index in [0.29, 0.717) is 11.6 Å². The highest BCUT2D eigenvalue weighted by Crippen LogP contribution is 2.20. The Bertz CT molecular complexity index is 887. The number of ether oxygens (including phenoxy) is 2. The van der Waals surface area contributed by atoms with Gasteiger partial charge in [-0.3, -0.25) is 0 Å². The van der Waals surface area contributed by atoms with E-state index < -0.39 is 11.6 Å². The molecule has 0 aliphatic rings. The first-order chi connectivity index (χ1) is 14.0. The molecule has 0 saturated carbocycles. The molecule has 0 aliphatic heterocycles. The minimum atomic E-state index is -0.546. The van der Waals surface area contributed by atoms with Gasteiger partial charge in [0.15, 0.2) is 28.4 Å². The molecular formula is C19H26N6O3S2. The van der Waals surface area contributed by atoms with Crippen molar-refractivity contribution in [1.29, 1.82) is 0 Å². The summed E-state index contributed by atoms with van der Waals surface area (Å²) >= 11 is 9.39. The van der Waals surface area contributed by atoms with Crippen LogP contribution in [0.1, 0.15) is 26.3 Å². The van der Waals surface area contributed by atoms with Crippen molar-refractivity contribution in [3.63, 3.8) is 0 Å². The molecule has 0 radical (unpaired) electrons. The van der Waals surface area contributed by atoms with Crippen molar-refractivity contribution in [2.75, 3.05) is 17.2 Å². The molecule has 0 aliphatic carbocycles. The van der Waals surface area contributed by atoms with Crippen molar-refractivity contribution in [3.05, 3.63) is 42.2 Å². The van der Waals surface area contributed by atoms with Gasteiger partial charge < -0.3 is 31.6 Å². The number of nitrogens with zero attached hydrogens (tertiary/aromatic N) is 2. The lowest BCUT2D eigenvalue weighted by atomic mass is 10.2. The number of nitrogens with one attached hydrogen (secondary N) is 2. The summed E-state index contributed by atoms with van der Waals surface area (Å²) in [5.74, 6) is 0.998. The number of esters is 1. The molecule has 2 aromatic rings. The first-order valence-corrected chi connectivity index (χ1v) is 9.64. The second-order valence-electron chi connectivity index (χ2n) is 6.87. The predicted molar refractivity (Wildman–Crippen MR) is 125 cm³/mol. The fraction of sp³-hybridized carbons (Fsp3) is 0.316. The van der Waals surface area contributed by atoms with Gasteiger partial charge in [-0.1, -0.05) is 6.07 Å². The molecule has 0 amide bonds. The van der Waals surface area contributed by atoms with Gasteiger partial charge in [0.25, 0.3) is 0 Å². The molecule has 2 heterocycles. The zero-order chi connectivity index (χ0) is 22.7. The Morgan fingerprint density at radius 3 is 2.10 bits per heavy atom. The number of hydrogen-bond acceptors (Lipinski definition) is 7. The molecule has 0 aromatic carbocycles. The Labute approximate surface area is 186 Å². The molecule has 9 nitrogen and oxygen atoms in total. The number of nitrogens with two attached hydrogens (primary N) is 2. The van der Waals surface area contributed by atoms with Crippen LogP contribution in [0, 0.1) is 6.92 Å². The van der Waals surface area contributed by atoms with Gasteiger partial charge >= 0.3 is 5.97 Å². The highest BCUT2D eigenvalue weighted by atomic mass is 32.1. The maximum atomic E-state index is 11.5. The Morgan fingerprint density at radius 1 is 1.03 bits per heavy atom. The lowest BCUT2D eigenvalue weighted by Gasteiger charge is -2.19. The third kappa shape index (κ3) is 10.5. The number of aromatic nitrogens is 2. The summed E-state index contributed by atoms with van der Waals surface area (Å²) in [6.07, 6.45) is 3.24. The number of aryl methyl sites for hydroxylation is 1. The van der Waals surface area contributed by atoms with Gasteiger partial charge in [0.2, 0.25) is 0 Å². The molecule has 0 saturated heterocycles. The van der Waals surface area contributed by atoms with Crippen LogP contribution in [-0.4, -0.2) is 38.4 Å². The number of thiocarbonyl (C=S) groups is 2. The average Bonchev–Trinajstić information content (AvgIpc) is 2.61. The fourth-order valence-corrected chi connectivity index (χ4v) is 2.15. The third-order valence-corrected chi connectivity index (χ3v) is 3.23. The lowest BCUT2D eigenvalue weighted by molar-refractivity contribution is -0.157. The standard InChI is InChI=1S/C12H17N3O3S.C7H9N3S/c1-12(2,3)18-9(16)7-17-8-5-4-6-14-10(8)15-11(13)19;1-5-3-2-4-9-6(5)10-7(8)11/h4-6H,7H2,1-3H3,(H3,13,14,15,19);2-4H,1H3,(H3,8,9,10,11). The second-order valence-corrected chi connectivity index (χ2v) is 7.75. The Kier molecular flexibility index (Phi) is 9.85. The molecule has 2 aromatic heterocycles. The summed E-state index contributed by atoms with van der Waals surface area (Å²) in [5.41, 5.74) is 11.1. The van der Waals surface area contributed by atoms with Gasteiger partial charge in [-0.2, -0.15) is 0 Å². The van der Waals surface area contributed by atoms with E-state index >= 15 is 0 Å². The number of rotatable bonds is 5. The highest BCUT2D eigenvalue weighted by Gasteiger charge is 2.17. The summed E-state index contributed by atoms with van der Waals surface area (Å²) in [6, 6.07) is 7.13. The van der Waals surface area contributed by atoms with Gasteiger partial charge in [0.05, 0.1) is 0 Å². The first-order valence-electron chi connectivity index (χ1n) is 8.82. The number of carbonyl (C=O) groups excluding carboxylic acids is 1. The third-order valence-electron chi connectivity index (χ3n) is 3.03. The summed E-state index contributed by atoms with van der Waals surface area (Å²) in [5, 5.41) is 5.75.